The number of carbonyl (C=O) groups excluding carboxylic acids is 1. The van der Waals surface area contributed by atoms with Crippen molar-refractivity contribution in [3.8, 4) is 0 Å². The lowest BCUT2D eigenvalue weighted by atomic mass is 10.0. The molecule has 2 aromatic rings. The van der Waals surface area contributed by atoms with Crippen LogP contribution in [-0.2, 0) is 13.1 Å². The number of likely N-dealkylation sites (tertiary alicyclic amines) is 1. The van der Waals surface area contributed by atoms with E-state index >= 15 is 0 Å². The fourth-order valence-corrected chi connectivity index (χ4v) is 3.60. The second-order valence-electron chi connectivity index (χ2n) is 6.68. The number of hydrogen-bond acceptors (Lipinski definition) is 3. The number of hydrogen-bond donors (Lipinski definition) is 2. The van der Waals surface area contributed by atoms with Crippen LogP contribution in [0.25, 0.3) is 0 Å². The first-order chi connectivity index (χ1) is 12.1. The van der Waals surface area contributed by atoms with Gasteiger partial charge in [-0.3, -0.25) is 9.69 Å². The molecule has 132 valence electrons. The number of rotatable bonds is 5. The van der Waals surface area contributed by atoms with Crippen molar-refractivity contribution in [3.63, 3.8) is 0 Å². The van der Waals surface area contributed by atoms with Crippen LogP contribution in [0.2, 0.25) is 0 Å². The molecule has 0 aliphatic carbocycles. The van der Waals surface area contributed by atoms with Gasteiger partial charge in [-0.2, -0.15) is 0 Å². The van der Waals surface area contributed by atoms with E-state index in [0.29, 0.717) is 22.8 Å². The first-order valence-corrected chi connectivity index (χ1v) is 9.32. The summed E-state index contributed by atoms with van der Waals surface area (Å²) in [6.45, 7) is 4.92. The van der Waals surface area contributed by atoms with Crippen molar-refractivity contribution in [1.82, 2.24) is 15.2 Å². The molecule has 1 aliphatic heterocycles. The van der Waals surface area contributed by atoms with Gasteiger partial charge in [-0.1, -0.05) is 42.9 Å². The minimum absolute atomic E-state index is 0.136. The lowest BCUT2D eigenvalue weighted by Crippen LogP contribution is -2.37. The standard InChI is InChI=1S/C20H25N3OS/c1-15-7-4-5-12-23(15)14-17-9-3-2-8-16(17)13-22-19(24)18-10-6-11-21-20(18)25/h2-3,6,8-11,15H,4-5,7,12-14H2,1H3,(H,21,25)(H,22,24). The number of H-pyrrole nitrogens is 1. The topological polar surface area (TPSA) is 48.1 Å². The Balaban J connectivity index is 1.68. The number of aromatic nitrogens is 1. The smallest absolute Gasteiger partial charge is 0.254 e. The Hall–Kier alpha value is -1.98. The molecular weight excluding hydrogens is 330 g/mol. The molecule has 2 heterocycles. The highest BCUT2D eigenvalue weighted by Crippen LogP contribution is 2.20. The van der Waals surface area contributed by atoms with Gasteiger partial charge >= 0.3 is 0 Å². The second-order valence-corrected chi connectivity index (χ2v) is 7.09. The zero-order valence-electron chi connectivity index (χ0n) is 14.6. The average molecular weight is 356 g/mol. The molecule has 1 saturated heterocycles. The molecule has 0 bridgehead atoms. The summed E-state index contributed by atoms with van der Waals surface area (Å²) in [4.78, 5) is 17.8. The van der Waals surface area contributed by atoms with Crippen molar-refractivity contribution < 1.29 is 4.79 Å². The lowest BCUT2D eigenvalue weighted by molar-refractivity contribution is 0.0949. The number of nitrogens with one attached hydrogen (secondary N) is 2. The largest absolute Gasteiger partial charge is 0.352 e. The third kappa shape index (κ3) is 4.55. The summed E-state index contributed by atoms with van der Waals surface area (Å²) in [6, 6.07) is 12.5. The number of aromatic amines is 1. The molecule has 2 N–H and O–H groups in total. The minimum Gasteiger partial charge on any atom is -0.352 e. The van der Waals surface area contributed by atoms with Gasteiger partial charge < -0.3 is 10.3 Å². The normalized spacial score (nSPS) is 18.0. The third-order valence-electron chi connectivity index (χ3n) is 4.93. The summed E-state index contributed by atoms with van der Waals surface area (Å²) in [5.41, 5.74) is 2.97. The first-order valence-electron chi connectivity index (χ1n) is 8.92. The lowest BCUT2D eigenvalue weighted by Gasteiger charge is -2.33. The summed E-state index contributed by atoms with van der Waals surface area (Å²) in [6.07, 6.45) is 5.60. The van der Waals surface area contributed by atoms with Gasteiger partial charge in [0.1, 0.15) is 4.64 Å². The maximum atomic E-state index is 12.4. The summed E-state index contributed by atoms with van der Waals surface area (Å²) in [5, 5.41) is 3.00. The molecule has 1 unspecified atom stereocenters. The van der Waals surface area contributed by atoms with E-state index in [0.717, 1.165) is 13.1 Å². The molecule has 5 heteroatoms. The summed E-state index contributed by atoms with van der Waals surface area (Å²) < 4.78 is 0.468. The third-order valence-corrected chi connectivity index (χ3v) is 5.27. The fourth-order valence-electron chi connectivity index (χ4n) is 3.37. The molecular formula is C20H25N3OS. The van der Waals surface area contributed by atoms with Crippen molar-refractivity contribution in [3.05, 3.63) is 63.9 Å². The second kappa shape index (κ2) is 8.41. The van der Waals surface area contributed by atoms with Gasteiger partial charge in [0.15, 0.2) is 0 Å². The molecule has 0 saturated carbocycles. The number of amides is 1. The van der Waals surface area contributed by atoms with E-state index in [1.54, 1.807) is 18.3 Å². The van der Waals surface area contributed by atoms with Crippen LogP contribution < -0.4 is 5.32 Å². The zero-order valence-corrected chi connectivity index (χ0v) is 15.4. The van der Waals surface area contributed by atoms with Gasteiger partial charge in [0.2, 0.25) is 0 Å². The van der Waals surface area contributed by atoms with E-state index in [1.165, 1.54) is 30.4 Å². The fraction of sp³-hybridized carbons (Fsp3) is 0.400. The molecule has 3 rings (SSSR count). The highest BCUT2D eigenvalue weighted by Gasteiger charge is 2.19. The highest BCUT2D eigenvalue weighted by atomic mass is 32.1. The van der Waals surface area contributed by atoms with E-state index in [1.807, 2.05) is 6.07 Å². The number of nitrogens with zero attached hydrogens (tertiary/aromatic N) is 1. The minimum atomic E-state index is -0.136. The Labute approximate surface area is 154 Å². The molecule has 1 fully saturated rings. The van der Waals surface area contributed by atoms with E-state index in [-0.39, 0.29) is 5.91 Å². The van der Waals surface area contributed by atoms with Crippen LogP contribution in [0.15, 0.2) is 42.6 Å². The van der Waals surface area contributed by atoms with E-state index in [2.05, 4.69) is 40.3 Å². The number of benzene rings is 1. The van der Waals surface area contributed by atoms with E-state index in [9.17, 15) is 4.79 Å². The molecule has 4 nitrogen and oxygen atoms in total. The molecule has 1 amide bonds. The SMILES string of the molecule is CC1CCCCN1Cc1ccccc1CNC(=O)c1ccc[nH]c1=S. The Bertz CT molecular complexity index is 786. The van der Waals surface area contributed by atoms with Crippen LogP contribution in [-0.4, -0.2) is 28.4 Å². The van der Waals surface area contributed by atoms with Gasteiger partial charge in [0.05, 0.1) is 5.56 Å². The molecule has 25 heavy (non-hydrogen) atoms. The monoisotopic (exact) mass is 355 g/mol. The van der Waals surface area contributed by atoms with Gasteiger partial charge in [0.25, 0.3) is 5.91 Å². The Kier molecular flexibility index (Phi) is 6.00. The average Bonchev–Trinajstić information content (AvgIpc) is 2.63. The molecule has 1 aliphatic rings. The van der Waals surface area contributed by atoms with Crippen LogP contribution in [0.3, 0.4) is 0 Å². The maximum absolute atomic E-state index is 12.4. The maximum Gasteiger partial charge on any atom is 0.254 e. The Morgan fingerprint density at radius 3 is 2.80 bits per heavy atom. The number of pyridine rings is 1. The highest BCUT2D eigenvalue weighted by molar-refractivity contribution is 7.71. The van der Waals surface area contributed by atoms with Gasteiger partial charge in [-0.25, -0.2) is 0 Å². The van der Waals surface area contributed by atoms with Crippen LogP contribution in [0.5, 0.6) is 0 Å². The molecule has 0 radical (unpaired) electrons. The van der Waals surface area contributed by atoms with E-state index in [4.69, 9.17) is 12.2 Å². The zero-order chi connectivity index (χ0) is 17.6. The van der Waals surface area contributed by atoms with Crippen molar-refractivity contribution in [1.29, 1.82) is 0 Å². The van der Waals surface area contributed by atoms with Crippen molar-refractivity contribution in [2.24, 2.45) is 0 Å². The molecule has 1 aromatic carbocycles. The number of carbonyl (C=O) groups is 1. The van der Waals surface area contributed by atoms with Crippen molar-refractivity contribution in [2.45, 2.75) is 45.3 Å². The summed E-state index contributed by atoms with van der Waals surface area (Å²) in [5.74, 6) is -0.136. The molecule has 0 spiro atoms. The molecule has 1 atom stereocenters. The summed E-state index contributed by atoms with van der Waals surface area (Å²) in [7, 11) is 0. The van der Waals surface area contributed by atoms with Crippen LogP contribution >= 0.6 is 12.2 Å². The van der Waals surface area contributed by atoms with Gasteiger partial charge in [-0.05, 0) is 49.6 Å². The summed E-state index contributed by atoms with van der Waals surface area (Å²) >= 11 is 5.18. The Morgan fingerprint density at radius 2 is 2.04 bits per heavy atom. The van der Waals surface area contributed by atoms with Crippen molar-refractivity contribution >= 4 is 18.1 Å². The quantitative estimate of drug-likeness (QED) is 0.796. The predicted octanol–water partition coefficient (Wildman–Crippen LogP) is 4.05. The van der Waals surface area contributed by atoms with E-state index < -0.39 is 0 Å². The van der Waals surface area contributed by atoms with Crippen molar-refractivity contribution in [2.75, 3.05) is 6.54 Å². The van der Waals surface area contributed by atoms with Crippen LogP contribution in [0, 0.1) is 4.64 Å². The Morgan fingerprint density at radius 1 is 1.24 bits per heavy atom. The van der Waals surface area contributed by atoms with Crippen LogP contribution in [0.4, 0.5) is 0 Å². The number of piperidine rings is 1. The predicted molar refractivity (Wildman–Crippen MR) is 103 cm³/mol. The van der Waals surface area contributed by atoms with Crippen LogP contribution in [0.1, 0.15) is 47.7 Å². The first kappa shape index (κ1) is 17.8. The van der Waals surface area contributed by atoms with Gasteiger partial charge in [0, 0.05) is 25.3 Å². The van der Waals surface area contributed by atoms with Gasteiger partial charge in [-0.15, -0.1) is 0 Å². The molecule has 1 aromatic heterocycles.